The summed E-state index contributed by atoms with van der Waals surface area (Å²) in [5, 5.41) is 0. The van der Waals surface area contributed by atoms with E-state index in [2.05, 4.69) is 33.1 Å². The molecule has 1 atom stereocenters. The second-order valence-corrected chi connectivity index (χ2v) is 4.57. The highest BCUT2D eigenvalue weighted by atomic mass is 15.2. The van der Waals surface area contributed by atoms with Crippen LogP contribution in [0.4, 0.5) is 0 Å². The second-order valence-electron chi connectivity index (χ2n) is 4.57. The highest BCUT2D eigenvalue weighted by Gasteiger charge is 2.26. The van der Waals surface area contributed by atoms with Crippen LogP contribution in [0.25, 0.3) is 0 Å². The van der Waals surface area contributed by atoms with Crippen molar-refractivity contribution in [2.24, 2.45) is 0 Å². The first-order chi connectivity index (χ1) is 8.95. The van der Waals surface area contributed by atoms with Gasteiger partial charge in [-0.3, -0.25) is 4.90 Å². The van der Waals surface area contributed by atoms with Crippen molar-refractivity contribution >= 4 is 0 Å². The fraction of sp³-hybridized carbons (Fsp3) is 0.333. The van der Waals surface area contributed by atoms with E-state index >= 15 is 0 Å². The van der Waals surface area contributed by atoms with E-state index in [9.17, 15) is 0 Å². The maximum Gasteiger partial charge on any atom is 0.149 e. The number of nitrogens with zero attached hydrogens (tertiary/aromatic N) is 3. The standard InChI is InChI=1S/C15H16N3/c1-2-7-13(8-3-1)14(18-11-4-5-12-18)15-16-9-6-10-17-15/h1-3,6-7,9-10,14H,4-5,11-12H2. The molecule has 1 radical (unpaired) electrons. The minimum absolute atomic E-state index is 0.148. The van der Waals surface area contributed by atoms with Crippen molar-refractivity contribution in [3.63, 3.8) is 0 Å². The summed E-state index contributed by atoms with van der Waals surface area (Å²) in [6, 6.07) is 13.5. The summed E-state index contributed by atoms with van der Waals surface area (Å²) in [5.41, 5.74) is 1.16. The first-order valence-corrected chi connectivity index (χ1v) is 6.43. The molecule has 1 aliphatic rings. The molecule has 0 N–H and O–H groups in total. The van der Waals surface area contributed by atoms with E-state index in [-0.39, 0.29) is 6.04 Å². The van der Waals surface area contributed by atoms with Crippen LogP contribution in [-0.4, -0.2) is 28.0 Å². The Hall–Kier alpha value is -1.74. The first-order valence-electron chi connectivity index (χ1n) is 6.43. The van der Waals surface area contributed by atoms with E-state index < -0.39 is 0 Å². The minimum atomic E-state index is 0.148. The number of hydrogen-bond acceptors (Lipinski definition) is 3. The fourth-order valence-corrected chi connectivity index (χ4v) is 2.53. The van der Waals surface area contributed by atoms with E-state index in [1.807, 2.05) is 30.6 Å². The van der Waals surface area contributed by atoms with E-state index in [1.165, 1.54) is 12.8 Å². The van der Waals surface area contributed by atoms with Crippen molar-refractivity contribution < 1.29 is 0 Å². The molecule has 0 bridgehead atoms. The Kier molecular flexibility index (Phi) is 3.33. The van der Waals surface area contributed by atoms with Gasteiger partial charge in [0.15, 0.2) is 0 Å². The molecule has 0 aliphatic carbocycles. The third kappa shape index (κ3) is 2.27. The third-order valence-electron chi connectivity index (χ3n) is 3.36. The molecule has 1 aromatic carbocycles. The van der Waals surface area contributed by atoms with Gasteiger partial charge in [-0.05, 0) is 43.6 Å². The van der Waals surface area contributed by atoms with Crippen molar-refractivity contribution in [3.05, 3.63) is 60.2 Å². The van der Waals surface area contributed by atoms with Gasteiger partial charge in [0.2, 0.25) is 0 Å². The van der Waals surface area contributed by atoms with Gasteiger partial charge in [0.05, 0.1) is 6.04 Å². The molecule has 1 aliphatic heterocycles. The monoisotopic (exact) mass is 238 g/mol. The number of rotatable bonds is 3. The van der Waals surface area contributed by atoms with Crippen LogP contribution in [0.5, 0.6) is 0 Å². The molecule has 1 fully saturated rings. The molecule has 91 valence electrons. The van der Waals surface area contributed by atoms with Crippen molar-refractivity contribution in [2.45, 2.75) is 18.9 Å². The first kappa shape index (κ1) is 11.4. The Labute approximate surface area is 108 Å². The predicted molar refractivity (Wildman–Crippen MR) is 70.0 cm³/mol. The lowest BCUT2D eigenvalue weighted by Gasteiger charge is -2.26. The van der Waals surface area contributed by atoms with Crippen LogP contribution in [-0.2, 0) is 0 Å². The highest BCUT2D eigenvalue weighted by molar-refractivity contribution is 5.23. The van der Waals surface area contributed by atoms with Gasteiger partial charge < -0.3 is 0 Å². The molecule has 3 nitrogen and oxygen atoms in total. The van der Waals surface area contributed by atoms with Crippen LogP contribution >= 0.6 is 0 Å². The molecular weight excluding hydrogens is 222 g/mol. The smallest absolute Gasteiger partial charge is 0.149 e. The summed E-state index contributed by atoms with van der Waals surface area (Å²) in [6.07, 6.45) is 6.15. The molecule has 0 spiro atoms. The van der Waals surface area contributed by atoms with Gasteiger partial charge in [0, 0.05) is 12.4 Å². The zero-order valence-electron chi connectivity index (χ0n) is 10.3. The molecule has 3 rings (SSSR count). The number of likely N-dealkylation sites (tertiary alicyclic amines) is 1. The zero-order chi connectivity index (χ0) is 12.2. The van der Waals surface area contributed by atoms with E-state index in [0.717, 1.165) is 24.5 Å². The van der Waals surface area contributed by atoms with Gasteiger partial charge in [-0.15, -0.1) is 0 Å². The topological polar surface area (TPSA) is 29.0 Å². The van der Waals surface area contributed by atoms with Gasteiger partial charge in [-0.1, -0.05) is 24.3 Å². The lowest BCUT2D eigenvalue weighted by molar-refractivity contribution is 0.271. The summed E-state index contributed by atoms with van der Waals surface area (Å²) >= 11 is 0. The maximum atomic E-state index is 4.43. The summed E-state index contributed by atoms with van der Waals surface area (Å²) in [5.74, 6) is 0.877. The molecule has 1 saturated heterocycles. The average molecular weight is 238 g/mol. The van der Waals surface area contributed by atoms with Crippen molar-refractivity contribution in [3.8, 4) is 0 Å². The number of aromatic nitrogens is 2. The number of benzene rings is 1. The maximum absolute atomic E-state index is 4.43. The summed E-state index contributed by atoms with van der Waals surface area (Å²) in [6.45, 7) is 2.23. The Bertz CT molecular complexity index is 438. The van der Waals surface area contributed by atoms with Crippen LogP contribution in [0.2, 0.25) is 0 Å². The SMILES string of the molecule is [c]1ccccc1C(c1ncccn1)N1CCCC1. The van der Waals surface area contributed by atoms with Crippen molar-refractivity contribution in [1.82, 2.24) is 14.9 Å². The summed E-state index contributed by atoms with van der Waals surface area (Å²) in [7, 11) is 0. The van der Waals surface area contributed by atoms with E-state index in [4.69, 9.17) is 0 Å². The summed E-state index contributed by atoms with van der Waals surface area (Å²) in [4.78, 5) is 11.3. The van der Waals surface area contributed by atoms with Gasteiger partial charge >= 0.3 is 0 Å². The largest absolute Gasteiger partial charge is 0.290 e. The Morgan fingerprint density at radius 1 is 1.06 bits per heavy atom. The minimum Gasteiger partial charge on any atom is -0.290 e. The lowest BCUT2D eigenvalue weighted by Crippen LogP contribution is -2.28. The molecular formula is C15H16N3. The van der Waals surface area contributed by atoms with Gasteiger partial charge in [0.25, 0.3) is 0 Å². The van der Waals surface area contributed by atoms with Gasteiger partial charge in [0.1, 0.15) is 5.82 Å². The quantitative estimate of drug-likeness (QED) is 0.822. The van der Waals surface area contributed by atoms with E-state index in [0.29, 0.717) is 0 Å². The van der Waals surface area contributed by atoms with Crippen LogP contribution in [0.3, 0.4) is 0 Å². The Morgan fingerprint density at radius 2 is 1.83 bits per heavy atom. The Balaban J connectivity index is 1.98. The van der Waals surface area contributed by atoms with Crippen molar-refractivity contribution in [2.75, 3.05) is 13.1 Å². The van der Waals surface area contributed by atoms with Gasteiger partial charge in [-0.2, -0.15) is 0 Å². The second kappa shape index (κ2) is 5.27. The molecule has 0 amide bonds. The molecule has 0 saturated carbocycles. The third-order valence-corrected chi connectivity index (χ3v) is 3.36. The molecule has 18 heavy (non-hydrogen) atoms. The zero-order valence-corrected chi connectivity index (χ0v) is 10.3. The molecule has 2 aromatic rings. The highest BCUT2D eigenvalue weighted by Crippen LogP contribution is 2.28. The predicted octanol–water partition coefficient (Wildman–Crippen LogP) is 2.46. The Morgan fingerprint density at radius 3 is 2.50 bits per heavy atom. The van der Waals surface area contributed by atoms with Gasteiger partial charge in [-0.25, -0.2) is 9.97 Å². The number of hydrogen-bond donors (Lipinski definition) is 0. The van der Waals surface area contributed by atoms with Crippen molar-refractivity contribution in [1.29, 1.82) is 0 Å². The fourth-order valence-electron chi connectivity index (χ4n) is 2.53. The lowest BCUT2D eigenvalue weighted by atomic mass is 10.0. The average Bonchev–Trinajstić information content (AvgIpc) is 2.95. The van der Waals surface area contributed by atoms with Crippen LogP contribution < -0.4 is 0 Å². The van der Waals surface area contributed by atoms with Crippen LogP contribution in [0.15, 0.2) is 42.7 Å². The van der Waals surface area contributed by atoms with E-state index in [1.54, 1.807) is 0 Å². The normalized spacial score (nSPS) is 17.8. The van der Waals surface area contributed by atoms with Crippen LogP contribution in [0.1, 0.15) is 30.3 Å². The summed E-state index contributed by atoms with van der Waals surface area (Å²) < 4.78 is 0. The molecule has 1 aromatic heterocycles. The molecule has 2 heterocycles. The van der Waals surface area contributed by atoms with Crippen LogP contribution in [0, 0.1) is 6.07 Å². The molecule has 1 unspecified atom stereocenters. The molecule has 3 heteroatoms.